The molecule has 2 rings (SSSR count). The Kier molecular flexibility index (Phi) is 6.61. The third kappa shape index (κ3) is 6.11. The molecule has 3 N–H and O–H groups in total. The number of guanidine groups is 1. The summed E-state index contributed by atoms with van der Waals surface area (Å²) in [6, 6.07) is 3.60. The second-order valence-corrected chi connectivity index (χ2v) is 5.88. The van der Waals surface area contributed by atoms with Gasteiger partial charge in [0.2, 0.25) is 5.91 Å². The Morgan fingerprint density at radius 3 is 2.91 bits per heavy atom. The van der Waals surface area contributed by atoms with Gasteiger partial charge in [-0.25, -0.2) is 4.98 Å². The highest BCUT2D eigenvalue weighted by atomic mass is 32.1. The van der Waals surface area contributed by atoms with Gasteiger partial charge in [0, 0.05) is 25.4 Å². The molecule has 23 heavy (non-hydrogen) atoms. The SMILES string of the molecule is CN=C(NCCc1csc(C)n1)NCC(=O)NCc1ccco1. The van der Waals surface area contributed by atoms with Crippen molar-refractivity contribution in [3.05, 3.63) is 40.2 Å². The minimum absolute atomic E-state index is 0.125. The van der Waals surface area contributed by atoms with Crippen molar-refractivity contribution in [2.75, 3.05) is 20.1 Å². The maximum Gasteiger partial charge on any atom is 0.239 e. The molecule has 0 radical (unpaired) electrons. The standard InChI is InChI=1S/C15H21N5O2S/c1-11-20-12(10-23-11)5-6-17-15(16-2)19-9-14(21)18-8-13-4-3-7-22-13/h3-4,7,10H,5-6,8-9H2,1-2H3,(H,18,21)(H2,16,17,19). The molecule has 0 aromatic carbocycles. The van der Waals surface area contributed by atoms with Gasteiger partial charge in [-0.1, -0.05) is 0 Å². The van der Waals surface area contributed by atoms with E-state index >= 15 is 0 Å². The van der Waals surface area contributed by atoms with E-state index in [-0.39, 0.29) is 12.5 Å². The largest absolute Gasteiger partial charge is 0.467 e. The number of hydrogen-bond donors (Lipinski definition) is 3. The Morgan fingerprint density at radius 1 is 1.39 bits per heavy atom. The van der Waals surface area contributed by atoms with Crippen LogP contribution in [-0.4, -0.2) is 37.0 Å². The van der Waals surface area contributed by atoms with Crippen LogP contribution in [0.25, 0.3) is 0 Å². The Morgan fingerprint density at radius 2 is 2.26 bits per heavy atom. The first-order valence-electron chi connectivity index (χ1n) is 7.32. The quantitative estimate of drug-likeness (QED) is 0.520. The summed E-state index contributed by atoms with van der Waals surface area (Å²) in [6.07, 6.45) is 2.39. The maximum absolute atomic E-state index is 11.7. The summed E-state index contributed by atoms with van der Waals surface area (Å²) in [4.78, 5) is 20.2. The van der Waals surface area contributed by atoms with Gasteiger partial charge < -0.3 is 20.4 Å². The summed E-state index contributed by atoms with van der Waals surface area (Å²) in [7, 11) is 1.67. The molecular weight excluding hydrogens is 314 g/mol. The highest BCUT2D eigenvalue weighted by Gasteiger charge is 2.05. The van der Waals surface area contributed by atoms with E-state index in [1.165, 1.54) is 0 Å². The molecule has 1 amide bonds. The Balaban J connectivity index is 1.63. The van der Waals surface area contributed by atoms with Gasteiger partial charge in [-0.15, -0.1) is 11.3 Å². The third-order valence-corrected chi connectivity index (χ3v) is 3.84. The van der Waals surface area contributed by atoms with Crippen LogP contribution in [0.2, 0.25) is 0 Å². The number of rotatable bonds is 7. The molecule has 2 aromatic heterocycles. The van der Waals surface area contributed by atoms with Crippen LogP contribution in [0.5, 0.6) is 0 Å². The first-order chi connectivity index (χ1) is 11.2. The number of aryl methyl sites for hydroxylation is 1. The molecule has 0 aliphatic carbocycles. The summed E-state index contributed by atoms with van der Waals surface area (Å²) in [5.41, 5.74) is 1.06. The van der Waals surface area contributed by atoms with Crippen LogP contribution in [0.1, 0.15) is 16.5 Å². The molecule has 8 heteroatoms. The van der Waals surface area contributed by atoms with E-state index in [0.717, 1.165) is 22.9 Å². The van der Waals surface area contributed by atoms with Crippen LogP contribution in [0.15, 0.2) is 33.2 Å². The Labute approximate surface area is 139 Å². The molecule has 0 spiro atoms. The van der Waals surface area contributed by atoms with Crippen molar-refractivity contribution in [1.82, 2.24) is 20.9 Å². The molecule has 0 unspecified atom stereocenters. The molecule has 0 atom stereocenters. The Hall–Kier alpha value is -2.35. The average molecular weight is 335 g/mol. The number of furan rings is 1. The summed E-state index contributed by atoms with van der Waals surface area (Å²) >= 11 is 1.64. The van der Waals surface area contributed by atoms with Crippen molar-refractivity contribution >= 4 is 23.2 Å². The molecule has 124 valence electrons. The fourth-order valence-corrected chi connectivity index (χ4v) is 2.53. The molecule has 7 nitrogen and oxygen atoms in total. The molecule has 0 bridgehead atoms. The average Bonchev–Trinajstić information content (AvgIpc) is 3.20. The van der Waals surface area contributed by atoms with Crippen LogP contribution in [0, 0.1) is 6.92 Å². The van der Waals surface area contributed by atoms with Gasteiger partial charge in [0.05, 0.1) is 30.1 Å². The van der Waals surface area contributed by atoms with Crippen molar-refractivity contribution < 1.29 is 9.21 Å². The van der Waals surface area contributed by atoms with E-state index in [0.29, 0.717) is 19.0 Å². The second kappa shape index (κ2) is 8.94. The predicted molar refractivity (Wildman–Crippen MR) is 90.5 cm³/mol. The van der Waals surface area contributed by atoms with Crippen LogP contribution in [0.3, 0.4) is 0 Å². The van der Waals surface area contributed by atoms with Crippen LogP contribution in [-0.2, 0) is 17.8 Å². The Bertz CT molecular complexity index is 636. The molecule has 2 heterocycles. The summed E-state index contributed by atoms with van der Waals surface area (Å²) in [6.45, 7) is 3.22. The normalized spacial score (nSPS) is 11.3. The van der Waals surface area contributed by atoms with Crippen LogP contribution >= 0.6 is 11.3 Å². The third-order valence-electron chi connectivity index (χ3n) is 3.02. The summed E-state index contributed by atoms with van der Waals surface area (Å²) in [5.74, 6) is 1.18. The van der Waals surface area contributed by atoms with E-state index in [1.807, 2.05) is 13.0 Å². The number of thiazole rings is 1. The topological polar surface area (TPSA) is 91.5 Å². The zero-order chi connectivity index (χ0) is 16.5. The monoisotopic (exact) mass is 335 g/mol. The maximum atomic E-state index is 11.7. The molecule has 2 aromatic rings. The van der Waals surface area contributed by atoms with Gasteiger partial charge in [-0.3, -0.25) is 9.79 Å². The zero-order valence-electron chi connectivity index (χ0n) is 13.3. The van der Waals surface area contributed by atoms with E-state index in [1.54, 1.807) is 30.7 Å². The van der Waals surface area contributed by atoms with Gasteiger partial charge >= 0.3 is 0 Å². The minimum atomic E-state index is -0.125. The lowest BCUT2D eigenvalue weighted by molar-refractivity contribution is -0.120. The lowest BCUT2D eigenvalue weighted by Gasteiger charge is -2.11. The first-order valence-corrected chi connectivity index (χ1v) is 8.20. The van der Waals surface area contributed by atoms with E-state index < -0.39 is 0 Å². The van der Waals surface area contributed by atoms with E-state index in [2.05, 4.69) is 31.3 Å². The van der Waals surface area contributed by atoms with Gasteiger partial charge in [0.25, 0.3) is 0 Å². The lowest BCUT2D eigenvalue weighted by Crippen LogP contribution is -2.43. The van der Waals surface area contributed by atoms with Crippen molar-refractivity contribution in [3.8, 4) is 0 Å². The van der Waals surface area contributed by atoms with Crippen LogP contribution < -0.4 is 16.0 Å². The second-order valence-electron chi connectivity index (χ2n) is 4.82. The van der Waals surface area contributed by atoms with E-state index in [4.69, 9.17) is 4.42 Å². The number of aromatic nitrogens is 1. The van der Waals surface area contributed by atoms with Gasteiger partial charge in [-0.2, -0.15) is 0 Å². The van der Waals surface area contributed by atoms with Crippen molar-refractivity contribution in [3.63, 3.8) is 0 Å². The van der Waals surface area contributed by atoms with Crippen molar-refractivity contribution in [2.45, 2.75) is 19.9 Å². The summed E-state index contributed by atoms with van der Waals surface area (Å²) in [5, 5.41) is 12.0. The van der Waals surface area contributed by atoms with Crippen molar-refractivity contribution in [1.29, 1.82) is 0 Å². The lowest BCUT2D eigenvalue weighted by atomic mass is 10.3. The number of aliphatic imine (C=N–C) groups is 1. The van der Waals surface area contributed by atoms with Crippen LogP contribution in [0.4, 0.5) is 0 Å². The fraction of sp³-hybridized carbons (Fsp3) is 0.400. The molecule has 0 aliphatic rings. The van der Waals surface area contributed by atoms with E-state index in [9.17, 15) is 4.79 Å². The number of carbonyl (C=O) groups is 1. The van der Waals surface area contributed by atoms with Crippen molar-refractivity contribution in [2.24, 2.45) is 4.99 Å². The molecule has 0 fully saturated rings. The van der Waals surface area contributed by atoms with Gasteiger partial charge in [0.15, 0.2) is 5.96 Å². The predicted octanol–water partition coefficient (Wildman–Crippen LogP) is 1.07. The molecule has 0 saturated carbocycles. The number of nitrogens with zero attached hydrogens (tertiary/aromatic N) is 2. The smallest absolute Gasteiger partial charge is 0.239 e. The highest BCUT2D eigenvalue weighted by molar-refractivity contribution is 7.09. The van der Waals surface area contributed by atoms with Gasteiger partial charge in [0.1, 0.15) is 5.76 Å². The summed E-state index contributed by atoms with van der Waals surface area (Å²) < 4.78 is 5.15. The highest BCUT2D eigenvalue weighted by Crippen LogP contribution is 2.07. The fourth-order valence-electron chi connectivity index (χ4n) is 1.88. The molecule has 0 saturated heterocycles. The number of hydrogen-bond acceptors (Lipinski definition) is 5. The first kappa shape index (κ1) is 17.0. The number of carbonyl (C=O) groups excluding carboxylic acids is 1. The number of nitrogens with one attached hydrogen (secondary N) is 3. The minimum Gasteiger partial charge on any atom is -0.467 e. The number of amides is 1. The molecular formula is C15H21N5O2S. The zero-order valence-corrected chi connectivity index (χ0v) is 14.1. The molecule has 0 aliphatic heterocycles. The van der Waals surface area contributed by atoms with Gasteiger partial charge in [-0.05, 0) is 19.1 Å².